The van der Waals surface area contributed by atoms with Crippen LogP contribution in [-0.4, -0.2) is 81.8 Å². The highest BCUT2D eigenvalue weighted by Crippen LogP contribution is 2.36. The molecule has 1 amide bonds. The minimum atomic E-state index is -4.56. The van der Waals surface area contributed by atoms with Crippen LogP contribution in [0.2, 0.25) is 0 Å². The van der Waals surface area contributed by atoms with Crippen molar-refractivity contribution in [3.05, 3.63) is 47.9 Å². The fourth-order valence-electron chi connectivity index (χ4n) is 5.18. The van der Waals surface area contributed by atoms with E-state index >= 15 is 4.39 Å². The molecule has 46 heavy (non-hydrogen) atoms. The molecule has 9 nitrogen and oxygen atoms in total. The van der Waals surface area contributed by atoms with Gasteiger partial charge in [0.05, 0.1) is 29.8 Å². The van der Waals surface area contributed by atoms with Crippen LogP contribution < -0.4 is 15.0 Å². The third-order valence-electron chi connectivity index (χ3n) is 7.35. The van der Waals surface area contributed by atoms with E-state index in [9.17, 15) is 26.4 Å². The number of hydrogen-bond acceptors (Lipinski definition) is 7. The smallest absolute Gasteiger partial charge is 0.415 e. The Balaban J connectivity index is 1.77. The molecule has 0 radical (unpaired) electrons. The van der Waals surface area contributed by atoms with Crippen LogP contribution in [0.25, 0.3) is 10.9 Å². The molecule has 1 saturated heterocycles. The van der Waals surface area contributed by atoms with Crippen molar-refractivity contribution in [2.45, 2.75) is 62.9 Å². The molecule has 3 aromatic rings. The van der Waals surface area contributed by atoms with E-state index in [1.54, 1.807) is 39.0 Å². The number of alkyl halides is 3. The van der Waals surface area contributed by atoms with Crippen molar-refractivity contribution in [1.82, 2.24) is 9.47 Å². The number of halogens is 4. The van der Waals surface area contributed by atoms with E-state index in [1.165, 1.54) is 7.11 Å². The zero-order chi connectivity index (χ0) is 34.0. The lowest BCUT2D eigenvalue weighted by atomic mass is 10.0. The summed E-state index contributed by atoms with van der Waals surface area (Å²) in [6.45, 7) is 4.77. The molecule has 0 spiro atoms. The number of piperidine rings is 1. The third-order valence-corrected chi connectivity index (χ3v) is 8.44. The molecular formula is C32H38F4N4O5S. The number of fused-ring (bicyclic) bond motifs is 1. The van der Waals surface area contributed by atoms with Gasteiger partial charge in [-0.25, -0.2) is 17.6 Å². The molecule has 1 aliphatic rings. The standard InChI is InChI=1S/C32H38F4N4O5S/c1-31(2,3)45-30(41)39(29-25(33)18-23(46(6,42)43)19-28(29)44-5)14-8-9-22-17-24-26(37-21-12-15-38(4)16-13-21)10-7-11-27(24)40(22)20-32(34,35)36/h7,10-11,17-19,21,37H,12-16,20H2,1-6H3. The number of nitrogens with one attached hydrogen (secondary N) is 1. The highest BCUT2D eigenvalue weighted by atomic mass is 32.2. The Labute approximate surface area is 266 Å². The van der Waals surface area contributed by atoms with Gasteiger partial charge in [-0.3, -0.25) is 4.90 Å². The van der Waals surface area contributed by atoms with Crippen molar-refractivity contribution in [2.24, 2.45) is 0 Å². The zero-order valence-corrected chi connectivity index (χ0v) is 27.4. The number of benzene rings is 2. The van der Waals surface area contributed by atoms with E-state index in [0.717, 1.165) is 53.8 Å². The number of aromatic nitrogens is 1. The van der Waals surface area contributed by atoms with Gasteiger partial charge in [0, 0.05) is 29.4 Å². The van der Waals surface area contributed by atoms with Gasteiger partial charge in [-0.15, -0.1) is 0 Å². The predicted molar refractivity (Wildman–Crippen MR) is 169 cm³/mol. The van der Waals surface area contributed by atoms with Gasteiger partial charge in [0.1, 0.15) is 23.6 Å². The van der Waals surface area contributed by atoms with E-state index < -0.39 is 52.3 Å². The van der Waals surface area contributed by atoms with Gasteiger partial charge in [-0.2, -0.15) is 13.2 Å². The summed E-state index contributed by atoms with van der Waals surface area (Å²) in [6.07, 6.45) is -2.91. The van der Waals surface area contributed by atoms with Crippen molar-refractivity contribution < 1.29 is 40.2 Å². The van der Waals surface area contributed by atoms with Crippen molar-refractivity contribution in [1.29, 1.82) is 0 Å². The Morgan fingerprint density at radius 1 is 1.13 bits per heavy atom. The Bertz CT molecular complexity index is 1760. The maximum Gasteiger partial charge on any atom is 0.415 e. The molecule has 0 atom stereocenters. The highest BCUT2D eigenvalue weighted by molar-refractivity contribution is 7.90. The van der Waals surface area contributed by atoms with Crippen LogP contribution in [0, 0.1) is 17.7 Å². The predicted octanol–water partition coefficient (Wildman–Crippen LogP) is 6.05. The van der Waals surface area contributed by atoms with Crippen molar-refractivity contribution >= 4 is 38.2 Å². The lowest BCUT2D eigenvalue weighted by molar-refractivity contribution is -0.140. The molecule has 0 bridgehead atoms. The van der Waals surface area contributed by atoms with Crippen LogP contribution in [0.1, 0.15) is 39.3 Å². The first-order valence-electron chi connectivity index (χ1n) is 14.6. The molecule has 1 N–H and O–H groups in total. The third kappa shape index (κ3) is 8.64. The summed E-state index contributed by atoms with van der Waals surface area (Å²) in [4.78, 5) is 15.9. The lowest BCUT2D eigenvalue weighted by Gasteiger charge is -2.30. The Hall–Kier alpha value is -3.96. The molecule has 2 heterocycles. The van der Waals surface area contributed by atoms with E-state index in [-0.39, 0.29) is 22.4 Å². The number of methoxy groups -OCH3 is 1. The summed E-state index contributed by atoms with van der Waals surface area (Å²) in [5, 5.41) is 4.04. The quantitative estimate of drug-likeness (QED) is 0.242. The molecule has 14 heteroatoms. The first-order valence-corrected chi connectivity index (χ1v) is 16.5. The number of anilines is 2. The van der Waals surface area contributed by atoms with Gasteiger partial charge in [0.15, 0.2) is 15.7 Å². The maximum absolute atomic E-state index is 15.5. The summed E-state index contributed by atoms with van der Waals surface area (Å²) in [5.74, 6) is 4.08. The number of carbonyl (C=O) groups excluding carboxylic acids is 1. The van der Waals surface area contributed by atoms with Crippen LogP contribution in [0.3, 0.4) is 0 Å². The fraction of sp³-hybridized carbons (Fsp3) is 0.469. The first-order chi connectivity index (χ1) is 21.4. The molecular weight excluding hydrogens is 628 g/mol. The minimum Gasteiger partial charge on any atom is -0.494 e. The van der Waals surface area contributed by atoms with Crippen molar-refractivity contribution in [3.8, 4) is 17.6 Å². The highest BCUT2D eigenvalue weighted by Gasteiger charge is 2.31. The Kier molecular flexibility index (Phi) is 10.2. The summed E-state index contributed by atoms with van der Waals surface area (Å²) < 4.78 is 92.7. The zero-order valence-electron chi connectivity index (χ0n) is 26.6. The van der Waals surface area contributed by atoms with E-state index in [1.807, 2.05) is 13.1 Å². The average molecular weight is 667 g/mol. The van der Waals surface area contributed by atoms with Gasteiger partial charge in [-0.05, 0) is 83.9 Å². The Morgan fingerprint density at radius 2 is 1.80 bits per heavy atom. The SMILES string of the molecule is COc1cc(S(C)(=O)=O)cc(F)c1N(CC#Cc1cc2c(NC3CCN(C)CC3)cccc2n1CC(F)(F)F)C(=O)OC(C)(C)C. The maximum atomic E-state index is 15.5. The Morgan fingerprint density at radius 3 is 2.39 bits per heavy atom. The summed E-state index contributed by atoms with van der Waals surface area (Å²) in [6, 6.07) is 8.62. The van der Waals surface area contributed by atoms with E-state index in [2.05, 4.69) is 22.1 Å². The average Bonchev–Trinajstić information content (AvgIpc) is 3.27. The number of amides is 1. The molecule has 0 unspecified atom stereocenters. The van der Waals surface area contributed by atoms with Crippen LogP contribution in [0.15, 0.2) is 41.3 Å². The molecule has 4 rings (SSSR count). The number of likely N-dealkylation sites (tertiary alicyclic amines) is 1. The molecule has 1 fully saturated rings. The minimum absolute atomic E-state index is 0.0361. The number of sulfone groups is 1. The van der Waals surface area contributed by atoms with Crippen LogP contribution in [0.5, 0.6) is 5.75 Å². The molecule has 1 aliphatic heterocycles. The van der Waals surface area contributed by atoms with Gasteiger partial charge in [0.2, 0.25) is 0 Å². The second-order valence-electron chi connectivity index (χ2n) is 12.3. The van der Waals surface area contributed by atoms with Gasteiger partial charge in [0.25, 0.3) is 0 Å². The fourth-order valence-corrected chi connectivity index (χ4v) is 5.82. The number of rotatable bonds is 7. The number of ether oxygens (including phenoxy) is 2. The van der Waals surface area contributed by atoms with Crippen molar-refractivity contribution in [2.75, 3.05) is 50.3 Å². The number of hydrogen-bond donors (Lipinski definition) is 1. The summed E-state index contributed by atoms with van der Waals surface area (Å²) in [5.41, 5.74) is -0.389. The van der Waals surface area contributed by atoms with Crippen LogP contribution in [0.4, 0.5) is 33.7 Å². The second-order valence-corrected chi connectivity index (χ2v) is 14.3. The van der Waals surface area contributed by atoms with Crippen molar-refractivity contribution in [3.63, 3.8) is 0 Å². The van der Waals surface area contributed by atoms with Crippen LogP contribution in [-0.2, 0) is 21.1 Å². The summed E-state index contributed by atoms with van der Waals surface area (Å²) in [7, 11) is -0.619. The molecule has 1 aromatic heterocycles. The van der Waals surface area contributed by atoms with Crippen LogP contribution >= 0.6 is 0 Å². The van der Waals surface area contributed by atoms with Gasteiger partial charge in [-0.1, -0.05) is 12.0 Å². The number of nitrogens with zero attached hydrogens (tertiary/aromatic N) is 3. The van der Waals surface area contributed by atoms with Gasteiger partial charge < -0.3 is 24.3 Å². The number of carbonyl (C=O) groups is 1. The molecule has 0 saturated carbocycles. The largest absolute Gasteiger partial charge is 0.494 e. The normalized spacial score (nSPS) is 14.9. The molecule has 250 valence electrons. The van der Waals surface area contributed by atoms with E-state index in [4.69, 9.17) is 9.47 Å². The second kappa shape index (κ2) is 13.4. The first kappa shape index (κ1) is 34.9. The van der Waals surface area contributed by atoms with Gasteiger partial charge >= 0.3 is 12.3 Å². The molecule has 2 aromatic carbocycles. The van der Waals surface area contributed by atoms with E-state index in [0.29, 0.717) is 16.6 Å². The monoisotopic (exact) mass is 666 g/mol. The topological polar surface area (TPSA) is 93.1 Å². The molecule has 0 aliphatic carbocycles. The summed E-state index contributed by atoms with van der Waals surface area (Å²) >= 11 is 0. The lowest BCUT2D eigenvalue weighted by Crippen LogP contribution is -2.38.